The van der Waals surface area contributed by atoms with Crippen LogP contribution in [0.3, 0.4) is 0 Å². The average molecular weight is 290 g/mol. The summed E-state index contributed by atoms with van der Waals surface area (Å²) in [5, 5.41) is 9.12. The number of carbonyl (C=O) groups is 1. The van der Waals surface area contributed by atoms with Gasteiger partial charge in [-0.25, -0.2) is 8.42 Å². The molecule has 5 heteroatoms. The highest BCUT2D eigenvalue weighted by atomic mass is 32.2. The van der Waals surface area contributed by atoms with Crippen LogP contribution in [0.1, 0.15) is 59.3 Å². The second kappa shape index (κ2) is 6.25. The summed E-state index contributed by atoms with van der Waals surface area (Å²) in [5.41, 5.74) is -0.819. The second-order valence-corrected chi connectivity index (χ2v) is 8.80. The normalized spacial score (nSPS) is 28.5. The average Bonchev–Trinajstić information content (AvgIpc) is 2.36. The van der Waals surface area contributed by atoms with Crippen LogP contribution in [0, 0.1) is 11.3 Å². The van der Waals surface area contributed by atoms with Gasteiger partial charge in [-0.15, -0.1) is 0 Å². The van der Waals surface area contributed by atoms with Gasteiger partial charge in [0, 0.05) is 0 Å². The van der Waals surface area contributed by atoms with Gasteiger partial charge >= 0.3 is 5.97 Å². The van der Waals surface area contributed by atoms with Gasteiger partial charge in [0.05, 0.1) is 16.4 Å². The predicted octanol–water partition coefficient (Wildman–Crippen LogP) is 2.87. The molecule has 0 saturated heterocycles. The fraction of sp³-hybridized carbons (Fsp3) is 0.929. The van der Waals surface area contributed by atoms with Crippen LogP contribution in [0.4, 0.5) is 0 Å². The first-order chi connectivity index (χ1) is 8.73. The Morgan fingerprint density at radius 3 is 2.53 bits per heavy atom. The molecule has 0 spiro atoms. The predicted molar refractivity (Wildman–Crippen MR) is 75.9 cm³/mol. The van der Waals surface area contributed by atoms with Gasteiger partial charge in [-0.2, -0.15) is 0 Å². The lowest BCUT2D eigenvalue weighted by Gasteiger charge is -2.37. The van der Waals surface area contributed by atoms with Crippen molar-refractivity contribution in [2.45, 2.75) is 64.5 Å². The number of rotatable bonds is 6. The quantitative estimate of drug-likeness (QED) is 0.816. The summed E-state index contributed by atoms with van der Waals surface area (Å²) in [5.74, 6) is -0.399. The first-order valence-corrected chi connectivity index (χ1v) is 8.90. The van der Waals surface area contributed by atoms with Crippen LogP contribution in [0.5, 0.6) is 0 Å². The van der Waals surface area contributed by atoms with Crippen LogP contribution in [0.2, 0.25) is 0 Å². The Bertz CT molecular complexity index is 413. The summed E-state index contributed by atoms with van der Waals surface area (Å²) in [6.45, 7) is 5.38. The monoisotopic (exact) mass is 290 g/mol. The Morgan fingerprint density at radius 2 is 2.05 bits per heavy atom. The molecule has 1 aliphatic carbocycles. The summed E-state index contributed by atoms with van der Waals surface area (Å²) in [7, 11) is -3.16. The third kappa shape index (κ3) is 3.94. The molecule has 2 atom stereocenters. The zero-order valence-electron chi connectivity index (χ0n) is 12.2. The van der Waals surface area contributed by atoms with E-state index in [1.54, 1.807) is 13.8 Å². The maximum Gasteiger partial charge on any atom is 0.309 e. The minimum Gasteiger partial charge on any atom is -0.481 e. The lowest BCUT2D eigenvalue weighted by atomic mass is 9.67. The summed E-state index contributed by atoms with van der Waals surface area (Å²) in [6, 6.07) is 0. The molecule has 112 valence electrons. The van der Waals surface area contributed by atoms with Crippen LogP contribution < -0.4 is 0 Å². The van der Waals surface area contributed by atoms with Crippen molar-refractivity contribution in [1.82, 2.24) is 0 Å². The molecule has 1 rings (SSSR count). The Kier molecular flexibility index (Phi) is 5.42. The Morgan fingerprint density at radius 1 is 1.42 bits per heavy atom. The van der Waals surface area contributed by atoms with E-state index in [-0.39, 0.29) is 12.2 Å². The van der Waals surface area contributed by atoms with Gasteiger partial charge in [-0.05, 0) is 39.0 Å². The van der Waals surface area contributed by atoms with Gasteiger partial charge in [0.15, 0.2) is 9.84 Å². The SMILES string of the molecule is CCC1CCCC(CCS(=O)(=O)C(C)C)(C(=O)O)C1. The van der Waals surface area contributed by atoms with Crippen molar-refractivity contribution in [1.29, 1.82) is 0 Å². The van der Waals surface area contributed by atoms with Crippen molar-refractivity contribution >= 4 is 15.8 Å². The number of carboxylic acids is 1. The van der Waals surface area contributed by atoms with E-state index in [1.165, 1.54) is 0 Å². The topological polar surface area (TPSA) is 71.4 Å². The molecular weight excluding hydrogens is 264 g/mol. The Balaban J connectivity index is 2.81. The molecule has 0 aromatic carbocycles. The molecule has 19 heavy (non-hydrogen) atoms. The maximum atomic E-state index is 11.9. The van der Waals surface area contributed by atoms with Crippen LogP contribution in [-0.2, 0) is 14.6 Å². The van der Waals surface area contributed by atoms with Gasteiger partial charge in [-0.1, -0.05) is 26.2 Å². The molecular formula is C14H26O4S. The van der Waals surface area contributed by atoms with Crippen molar-refractivity contribution in [2.24, 2.45) is 11.3 Å². The van der Waals surface area contributed by atoms with Crippen LogP contribution >= 0.6 is 0 Å². The molecule has 0 aliphatic heterocycles. The summed E-state index contributed by atoms with van der Waals surface area (Å²) in [6.07, 6.45) is 4.46. The van der Waals surface area contributed by atoms with Crippen LogP contribution in [0.25, 0.3) is 0 Å². The summed E-state index contributed by atoms with van der Waals surface area (Å²) in [4.78, 5) is 11.6. The van der Waals surface area contributed by atoms with E-state index >= 15 is 0 Å². The lowest BCUT2D eigenvalue weighted by Crippen LogP contribution is -2.38. The van der Waals surface area contributed by atoms with E-state index in [1.807, 2.05) is 0 Å². The molecule has 1 fully saturated rings. The lowest BCUT2D eigenvalue weighted by molar-refractivity contribution is -0.152. The Hall–Kier alpha value is -0.580. The molecule has 1 saturated carbocycles. The number of carboxylic acid groups (broad SMARTS) is 1. The van der Waals surface area contributed by atoms with Gasteiger partial charge in [0.2, 0.25) is 0 Å². The second-order valence-electron chi connectivity index (χ2n) is 6.12. The van der Waals surface area contributed by atoms with E-state index in [2.05, 4.69) is 6.92 Å². The smallest absolute Gasteiger partial charge is 0.309 e. The standard InChI is InChI=1S/C14H26O4S/c1-4-12-6-5-7-14(10-12,13(15)16)8-9-19(17,18)11(2)3/h11-12H,4-10H2,1-3H3,(H,15,16). The number of hydrogen-bond donors (Lipinski definition) is 1. The summed E-state index contributed by atoms with van der Waals surface area (Å²) >= 11 is 0. The van der Waals surface area contributed by atoms with Crippen molar-refractivity contribution in [3.05, 3.63) is 0 Å². The molecule has 0 radical (unpaired) electrons. The molecule has 1 N–H and O–H groups in total. The van der Waals surface area contributed by atoms with Gasteiger partial charge in [-0.3, -0.25) is 4.79 Å². The third-order valence-electron chi connectivity index (χ3n) is 4.56. The van der Waals surface area contributed by atoms with E-state index in [4.69, 9.17) is 0 Å². The van der Waals surface area contributed by atoms with Crippen molar-refractivity contribution < 1.29 is 18.3 Å². The van der Waals surface area contributed by atoms with Gasteiger partial charge in [0.1, 0.15) is 0 Å². The maximum absolute atomic E-state index is 11.9. The highest BCUT2D eigenvalue weighted by Crippen LogP contribution is 2.43. The number of sulfone groups is 1. The summed E-state index contributed by atoms with van der Waals surface area (Å²) < 4.78 is 23.8. The molecule has 4 nitrogen and oxygen atoms in total. The highest BCUT2D eigenvalue weighted by Gasteiger charge is 2.43. The molecule has 0 aromatic rings. The molecule has 0 amide bonds. The van der Waals surface area contributed by atoms with Gasteiger partial charge in [0.25, 0.3) is 0 Å². The largest absolute Gasteiger partial charge is 0.481 e. The first kappa shape index (κ1) is 16.5. The molecule has 2 unspecified atom stereocenters. The van der Waals surface area contributed by atoms with E-state index < -0.39 is 26.5 Å². The number of aliphatic carboxylic acids is 1. The first-order valence-electron chi connectivity index (χ1n) is 7.18. The molecule has 0 bridgehead atoms. The third-order valence-corrected chi connectivity index (χ3v) is 6.77. The van der Waals surface area contributed by atoms with Crippen molar-refractivity contribution in [3.8, 4) is 0 Å². The molecule has 1 aliphatic rings. The van der Waals surface area contributed by atoms with E-state index in [9.17, 15) is 18.3 Å². The van der Waals surface area contributed by atoms with Gasteiger partial charge < -0.3 is 5.11 Å². The minimum absolute atomic E-state index is 0.00655. The zero-order valence-corrected chi connectivity index (χ0v) is 13.0. The Labute approximate surface area is 116 Å². The van der Waals surface area contributed by atoms with Crippen molar-refractivity contribution in [3.63, 3.8) is 0 Å². The molecule has 0 aromatic heterocycles. The van der Waals surface area contributed by atoms with Crippen LogP contribution in [0.15, 0.2) is 0 Å². The number of hydrogen-bond acceptors (Lipinski definition) is 3. The van der Waals surface area contributed by atoms with Crippen LogP contribution in [-0.4, -0.2) is 30.5 Å². The highest BCUT2D eigenvalue weighted by molar-refractivity contribution is 7.91. The minimum atomic E-state index is -3.16. The fourth-order valence-electron chi connectivity index (χ4n) is 2.94. The zero-order chi connectivity index (χ0) is 14.7. The van der Waals surface area contributed by atoms with Crippen molar-refractivity contribution in [2.75, 3.05) is 5.75 Å². The molecule has 0 heterocycles. The van der Waals surface area contributed by atoms with E-state index in [0.29, 0.717) is 18.8 Å². The van der Waals surface area contributed by atoms with E-state index in [0.717, 1.165) is 19.3 Å². The fourth-order valence-corrected chi connectivity index (χ4v) is 4.08.